The fourth-order valence-electron chi connectivity index (χ4n) is 2.46. The van der Waals surface area contributed by atoms with Gasteiger partial charge in [-0.1, -0.05) is 6.07 Å². The van der Waals surface area contributed by atoms with Gasteiger partial charge in [-0.2, -0.15) is 0 Å². The van der Waals surface area contributed by atoms with E-state index in [2.05, 4.69) is 41.8 Å². The Hall–Kier alpha value is -1.76. The number of thiophene rings is 1. The van der Waals surface area contributed by atoms with E-state index in [0.717, 1.165) is 36.9 Å². The maximum atomic E-state index is 11.4. The van der Waals surface area contributed by atoms with E-state index in [4.69, 9.17) is 12.2 Å². The van der Waals surface area contributed by atoms with Crippen LogP contribution in [0, 0.1) is 0 Å². The molecule has 2 N–H and O–H groups in total. The minimum Gasteiger partial charge on any atom is -0.344 e. The van der Waals surface area contributed by atoms with Gasteiger partial charge >= 0.3 is 0 Å². The van der Waals surface area contributed by atoms with Gasteiger partial charge in [-0.3, -0.25) is 4.79 Å². The lowest BCUT2D eigenvalue weighted by Crippen LogP contribution is -3.05. The predicted molar refractivity (Wildman–Crippen MR) is 110 cm³/mol. The molecule has 0 atom stereocenters. The number of Topliss-reactive ketones (excluding diaryl/α,β-unsaturated/α-hetero) is 1. The number of benzene rings is 1. The lowest BCUT2D eigenvalue weighted by molar-refractivity contribution is -0.858. The van der Waals surface area contributed by atoms with E-state index < -0.39 is 0 Å². The average molecular weight is 377 g/mol. The Morgan fingerprint density at radius 3 is 2.52 bits per heavy atom. The first-order valence-corrected chi connectivity index (χ1v) is 9.73. The lowest BCUT2D eigenvalue weighted by atomic mass is 10.1. The highest BCUT2D eigenvalue weighted by Crippen LogP contribution is 2.15. The molecule has 0 aliphatic heterocycles. The van der Waals surface area contributed by atoms with Crippen LogP contribution in [0.5, 0.6) is 0 Å². The molecule has 1 aromatic carbocycles. The minimum atomic E-state index is 0.0691. The molecule has 6 heteroatoms. The van der Waals surface area contributed by atoms with Crippen LogP contribution in [-0.4, -0.2) is 43.0 Å². The molecule has 134 valence electrons. The maximum absolute atomic E-state index is 11.4. The van der Waals surface area contributed by atoms with E-state index in [0.29, 0.717) is 5.56 Å². The van der Waals surface area contributed by atoms with Gasteiger partial charge in [0.15, 0.2) is 10.9 Å². The quantitative estimate of drug-likeness (QED) is 0.549. The van der Waals surface area contributed by atoms with Gasteiger partial charge in [-0.25, -0.2) is 0 Å². The van der Waals surface area contributed by atoms with Crippen molar-refractivity contribution in [2.45, 2.75) is 19.9 Å². The minimum absolute atomic E-state index is 0.0691. The molecule has 4 nitrogen and oxygen atoms in total. The van der Waals surface area contributed by atoms with Gasteiger partial charge in [0.2, 0.25) is 0 Å². The van der Waals surface area contributed by atoms with Gasteiger partial charge in [-0.15, -0.1) is 11.3 Å². The van der Waals surface area contributed by atoms with E-state index in [1.54, 1.807) is 18.3 Å². The Kier molecular flexibility index (Phi) is 7.55. The van der Waals surface area contributed by atoms with Crippen LogP contribution in [0.15, 0.2) is 41.8 Å². The highest BCUT2D eigenvalue weighted by Gasteiger charge is 2.12. The molecule has 0 aliphatic carbocycles. The first-order valence-electron chi connectivity index (χ1n) is 8.44. The normalized spacial score (nSPS) is 10.7. The summed E-state index contributed by atoms with van der Waals surface area (Å²) >= 11 is 7.39. The zero-order chi connectivity index (χ0) is 18.2. The first kappa shape index (κ1) is 19.6. The summed E-state index contributed by atoms with van der Waals surface area (Å²) in [5.41, 5.74) is 1.62. The summed E-state index contributed by atoms with van der Waals surface area (Å²) in [6.07, 6.45) is 1.08. The summed E-state index contributed by atoms with van der Waals surface area (Å²) in [6, 6.07) is 11.7. The summed E-state index contributed by atoms with van der Waals surface area (Å²) in [7, 11) is 4.33. The summed E-state index contributed by atoms with van der Waals surface area (Å²) in [5, 5.41) is 6.11. The van der Waals surface area contributed by atoms with Crippen LogP contribution in [-0.2, 0) is 6.54 Å². The Bertz CT molecular complexity index is 681. The van der Waals surface area contributed by atoms with E-state index in [1.807, 2.05) is 24.3 Å². The molecule has 0 saturated carbocycles. The molecule has 1 heterocycles. The molecule has 0 unspecified atom stereocenters. The summed E-state index contributed by atoms with van der Waals surface area (Å²) in [5.74, 6) is 0.0691. The smallest absolute Gasteiger partial charge is 0.173 e. The van der Waals surface area contributed by atoms with Crippen LogP contribution in [0.3, 0.4) is 0 Å². The van der Waals surface area contributed by atoms with Crippen molar-refractivity contribution in [2.75, 3.05) is 32.5 Å². The topological polar surface area (TPSA) is 36.8 Å². The van der Waals surface area contributed by atoms with E-state index in [1.165, 1.54) is 9.78 Å². The fraction of sp³-hybridized carbons (Fsp3) is 0.368. The highest BCUT2D eigenvalue weighted by molar-refractivity contribution is 7.80. The number of hydrogen-bond donors (Lipinski definition) is 2. The molecule has 0 fully saturated rings. The third-order valence-corrected chi connectivity index (χ3v) is 5.08. The third kappa shape index (κ3) is 6.57. The lowest BCUT2D eigenvalue weighted by Gasteiger charge is -2.25. The van der Waals surface area contributed by atoms with Crippen molar-refractivity contribution in [3.63, 3.8) is 0 Å². The highest BCUT2D eigenvalue weighted by atomic mass is 32.1. The zero-order valence-electron chi connectivity index (χ0n) is 15.0. The van der Waals surface area contributed by atoms with Gasteiger partial charge in [0.25, 0.3) is 0 Å². The third-order valence-electron chi connectivity index (χ3n) is 3.86. The number of nitrogens with one attached hydrogen (secondary N) is 2. The van der Waals surface area contributed by atoms with E-state index >= 15 is 0 Å². The molecule has 2 aromatic rings. The van der Waals surface area contributed by atoms with Gasteiger partial charge in [0, 0.05) is 29.1 Å². The number of quaternary nitrogens is 1. The number of carbonyl (C=O) groups is 1. The van der Waals surface area contributed by atoms with Crippen LogP contribution < -0.4 is 10.2 Å². The second kappa shape index (κ2) is 9.65. The molecular formula is C19H26N3OS2+. The maximum Gasteiger partial charge on any atom is 0.173 e. The number of carbonyl (C=O) groups excluding carboxylic acids is 1. The second-order valence-corrected chi connectivity index (χ2v) is 7.79. The number of hydrogen-bond acceptors (Lipinski definition) is 3. The largest absolute Gasteiger partial charge is 0.344 e. The van der Waals surface area contributed by atoms with Crippen LogP contribution in [0.2, 0.25) is 0 Å². The van der Waals surface area contributed by atoms with Crippen molar-refractivity contribution in [2.24, 2.45) is 0 Å². The van der Waals surface area contributed by atoms with Crippen molar-refractivity contribution < 1.29 is 9.69 Å². The molecule has 0 aliphatic rings. The van der Waals surface area contributed by atoms with Gasteiger partial charge in [-0.05, 0) is 54.9 Å². The molecule has 0 spiro atoms. The average Bonchev–Trinajstić information content (AvgIpc) is 3.07. The summed E-state index contributed by atoms with van der Waals surface area (Å²) in [4.78, 5) is 16.3. The standard InChI is InChI=1S/C19H25N3OS2/c1-15(23)16-7-9-17(10-8-16)20-19(24)22(12-5-11-21(2)3)14-18-6-4-13-25-18/h4,6-10,13H,5,11-12,14H2,1-3H3,(H,20,24)/p+1. The zero-order valence-corrected chi connectivity index (χ0v) is 16.7. The van der Waals surface area contributed by atoms with Crippen LogP contribution in [0.1, 0.15) is 28.6 Å². The molecule has 0 saturated heterocycles. The van der Waals surface area contributed by atoms with Crippen molar-refractivity contribution in [1.29, 1.82) is 0 Å². The van der Waals surface area contributed by atoms with Crippen molar-refractivity contribution >= 4 is 40.1 Å². The number of ketones is 1. The molecule has 0 bridgehead atoms. The predicted octanol–water partition coefficient (Wildman–Crippen LogP) is 2.68. The van der Waals surface area contributed by atoms with Crippen LogP contribution >= 0.6 is 23.6 Å². The van der Waals surface area contributed by atoms with E-state index in [9.17, 15) is 4.79 Å². The van der Waals surface area contributed by atoms with Crippen LogP contribution in [0.25, 0.3) is 0 Å². The van der Waals surface area contributed by atoms with Crippen molar-refractivity contribution in [3.8, 4) is 0 Å². The molecule has 2 rings (SSSR count). The first-order chi connectivity index (χ1) is 12.0. The molecule has 0 radical (unpaired) electrons. The Labute approximate surface area is 159 Å². The SMILES string of the molecule is CC(=O)c1ccc(NC(=S)N(CCC[NH+](C)C)Cc2cccs2)cc1. The number of rotatable bonds is 8. The van der Waals surface area contributed by atoms with Crippen molar-refractivity contribution in [3.05, 3.63) is 52.2 Å². The Balaban J connectivity index is 2.01. The van der Waals surface area contributed by atoms with Crippen molar-refractivity contribution in [1.82, 2.24) is 4.90 Å². The Morgan fingerprint density at radius 2 is 1.96 bits per heavy atom. The van der Waals surface area contributed by atoms with Gasteiger partial charge in [0.05, 0.1) is 27.2 Å². The second-order valence-electron chi connectivity index (χ2n) is 6.38. The monoisotopic (exact) mass is 376 g/mol. The molecule has 25 heavy (non-hydrogen) atoms. The number of nitrogens with zero attached hydrogens (tertiary/aromatic N) is 1. The van der Waals surface area contributed by atoms with E-state index in [-0.39, 0.29) is 5.78 Å². The molecular weight excluding hydrogens is 350 g/mol. The summed E-state index contributed by atoms with van der Waals surface area (Å²) in [6.45, 7) is 4.41. The van der Waals surface area contributed by atoms with Crippen LogP contribution in [0.4, 0.5) is 5.69 Å². The fourth-order valence-corrected chi connectivity index (χ4v) is 3.45. The Morgan fingerprint density at radius 1 is 1.24 bits per heavy atom. The molecule has 1 aromatic heterocycles. The molecule has 0 amide bonds. The van der Waals surface area contributed by atoms with Gasteiger partial charge in [0.1, 0.15) is 0 Å². The summed E-state index contributed by atoms with van der Waals surface area (Å²) < 4.78 is 0. The number of anilines is 1. The number of thiocarbonyl (C=S) groups is 1. The van der Waals surface area contributed by atoms with Gasteiger partial charge < -0.3 is 15.1 Å².